The molecule has 1 unspecified atom stereocenters. The van der Waals surface area contributed by atoms with Gasteiger partial charge in [-0.2, -0.15) is 0 Å². The van der Waals surface area contributed by atoms with Crippen LogP contribution in [0.25, 0.3) is 0 Å². The SMILES string of the molecule is Cc1ccc([N+](=O)[O-])c(OCC(O)c2ccc(F)cc2)c1. The molecule has 1 N–H and O–H groups in total. The predicted molar refractivity (Wildman–Crippen MR) is 74.7 cm³/mol. The van der Waals surface area contributed by atoms with Crippen molar-refractivity contribution >= 4 is 5.69 Å². The van der Waals surface area contributed by atoms with E-state index in [9.17, 15) is 19.6 Å². The molecule has 0 bridgehead atoms. The number of hydrogen-bond acceptors (Lipinski definition) is 4. The predicted octanol–water partition coefficient (Wildman–Crippen LogP) is 3.15. The zero-order valence-electron chi connectivity index (χ0n) is 11.3. The number of rotatable bonds is 5. The molecule has 2 rings (SSSR count). The van der Waals surface area contributed by atoms with Crippen molar-refractivity contribution in [3.8, 4) is 5.75 Å². The molecule has 2 aromatic rings. The maximum atomic E-state index is 12.8. The lowest BCUT2D eigenvalue weighted by atomic mass is 10.1. The zero-order valence-corrected chi connectivity index (χ0v) is 11.3. The molecule has 6 heteroatoms. The first-order valence-electron chi connectivity index (χ1n) is 6.29. The first kappa shape index (κ1) is 14.9. The Morgan fingerprint density at radius 2 is 1.95 bits per heavy atom. The van der Waals surface area contributed by atoms with Crippen LogP contribution in [0.2, 0.25) is 0 Å². The Morgan fingerprint density at radius 3 is 2.57 bits per heavy atom. The van der Waals surface area contributed by atoms with Gasteiger partial charge < -0.3 is 9.84 Å². The number of nitro benzene ring substituents is 1. The van der Waals surface area contributed by atoms with Crippen molar-refractivity contribution in [2.75, 3.05) is 6.61 Å². The number of halogens is 1. The highest BCUT2D eigenvalue weighted by Crippen LogP contribution is 2.28. The lowest BCUT2D eigenvalue weighted by Crippen LogP contribution is -2.10. The largest absolute Gasteiger partial charge is 0.484 e. The van der Waals surface area contributed by atoms with Gasteiger partial charge in [-0.1, -0.05) is 18.2 Å². The number of nitrogens with zero attached hydrogens (tertiary/aromatic N) is 1. The minimum absolute atomic E-state index is 0.0983. The molecule has 0 aromatic heterocycles. The van der Waals surface area contributed by atoms with Crippen molar-refractivity contribution in [1.29, 1.82) is 0 Å². The van der Waals surface area contributed by atoms with Gasteiger partial charge in [0, 0.05) is 6.07 Å². The smallest absolute Gasteiger partial charge is 0.310 e. The van der Waals surface area contributed by atoms with Gasteiger partial charge in [0.15, 0.2) is 5.75 Å². The van der Waals surface area contributed by atoms with E-state index in [2.05, 4.69) is 0 Å². The molecule has 21 heavy (non-hydrogen) atoms. The summed E-state index contributed by atoms with van der Waals surface area (Å²) in [5.74, 6) is -0.303. The summed E-state index contributed by atoms with van der Waals surface area (Å²) in [6, 6.07) is 9.84. The van der Waals surface area contributed by atoms with Crippen LogP contribution in [0.5, 0.6) is 5.75 Å². The number of ether oxygens (including phenoxy) is 1. The summed E-state index contributed by atoms with van der Waals surface area (Å²) in [6.07, 6.45) is -0.995. The Labute approximate surface area is 120 Å². The molecule has 2 aromatic carbocycles. The van der Waals surface area contributed by atoms with Gasteiger partial charge in [0.05, 0.1) is 4.92 Å². The molecule has 5 nitrogen and oxygen atoms in total. The fourth-order valence-electron chi connectivity index (χ4n) is 1.84. The summed E-state index contributed by atoms with van der Waals surface area (Å²) in [5, 5.41) is 20.9. The molecule has 0 aliphatic heterocycles. The van der Waals surface area contributed by atoms with Crippen LogP contribution < -0.4 is 4.74 Å². The van der Waals surface area contributed by atoms with Gasteiger partial charge in [-0.3, -0.25) is 10.1 Å². The maximum absolute atomic E-state index is 12.8. The van der Waals surface area contributed by atoms with Crippen LogP contribution in [0, 0.1) is 22.9 Å². The minimum Gasteiger partial charge on any atom is -0.484 e. The van der Waals surface area contributed by atoms with E-state index >= 15 is 0 Å². The lowest BCUT2D eigenvalue weighted by molar-refractivity contribution is -0.385. The molecule has 0 saturated carbocycles. The van der Waals surface area contributed by atoms with Crippen molar-refractivity contribution in [2.45, 2.75) is 13.0 Å². The molecule has 0 aliphatic rings. The molecule has 110 valence electrons. The van der Waals surface area contributed by atoms with Crippen molar-refractivity contribution in [2.24, 2.45) is 0 Å². The van der Waals surface area contributed by atoms with E-state index in [0.717, 1.165) is 5.56 Å². The van der Waals surface area contributed by atoms with Crippen LogP contribution in [0.1, 0.15) is 17.2 Å². The van der Waals surface area contributed by atoms with E-state index in [4.69, 9.17) is 4.74 Å². The van der Waals surface area contributed by atoms with E-state index < -0.39 is 16.8 Å². The third-order valence-electron chi connectivity index (χ3n) is 2.96. The summed E-state index contributed by atoms with van der Waals surface area (Å²) in [5.41, 5.74) is 1.13. The molecule has 0 amide bonds. The van der Waals surface area contributed by atoms with E-state index in [-0.39, 0.29) is 18.0 Å². The van der Waals surface area contributed by atoms with Gasteiger partial charge in [-0.25, -0.2) is 4.39 Å². The fraction of sp³-hybridized carbons (Fsp3) is 0.200. The van der Waals surface area contributed by atoms with Gasteiger partial charge in [-0.05, 0) is 36.2 Å². The molecular formula is C15H14FNO4. The average molecular weight is 291 g/mol. The highest BCUT2D eigenvalue weighted by Gasteiger charge is 2.17. The monoisotopic (exact) mass is 291 g/mol. The van der Waals surface area contributed by atoms with Gasteiger partial charge >= 0.3 is 5.69 Å². The first-order chi connectivity index (χ1) is 9.97. The van der Waals surface area contributed by atoms with Crippen molar-refractivity contribution in [1.82, 2.24) is 0 Å². The molecule has 1 atom stereocenters. The summed E-state index contributed by atoms with van der Waals surface area (Å²) in [4.78, 5) is 10.4. The molecule has 0 heterocycles. The molecular weight excluding hydrogens is 277 g/mol. The van der Waals surface area contributed by atoms with Crippen LogP contribution in [-0.4, -0.2) is 16.6 Å². The van der Waals surface area contributed by atoms with E-state index in [1.165, 1.54) is 36.4 Å². The molecule has 0 radical (unpaired) electrons. The highest BCUT2D eigenvalue weighted by atomic mass is 19.1. The number of hydrogen-bond donors (Lipinski definition) is 1. The number of benzene rings is 2. The minimum atomic E-state index is -0.995. The van der Waals surface area contributed by atoms with Crippen LogP contribution in [0.3, 0.4) is 0 Å². The van der Waals surface area contributed by atoms with Crippen LogP contribution in [0.15, 0.2) is 42.5 Å². The zero-order chi connectivity index (χ0) is 15.4. The highest BCUT2D eigenvalue weighted by molar-refractivity contribution is 5.48. The number of aliphatic hydroxyl groups is 1. The maximum Gasteiger partial charge on any atom is 0.310 e. The third kappa shape index (κ3) is 3.76. The van der Waals surface area contributed by atoms with Gasteiger partial charge in [0.1, 0.15) is 18.5 Å². The second kappa shape index (κ2) is 6.32. The second-order valence-corrected chi connectivity index (χ2v) is 4.61. The van der Waals surface area contributed by atoms with Crippen LogP contribution >= 0.6 is 0 Å². The number of aryl methyl sites for hydroxylation is 1. The van der Waals surface area contributed by atoms with Crippen molar-refractivity contribution < 1.29 is 19.2 Å². The van der Waals surface area contributed by atoms with Gasteiger partial charge in [-0.15, -0.1) is 0 Å². The quantitative estimate of drug-likeness (QED) is 0.678. The Morgan fingerprint density at radius 1 is 1.29 bits per heavy atom. The Balaban J connectivity index is 2.10. The molecule has 0 spiro atoms. The van der Waals surface area contributed by atoms with Gasteiger partial charge in [0.25, 0.3) is 0 Å². The summed E-state index contributed by atoms with van der Waals surface area (Å²) in [6.45, 7) is 1.63. The van der Waals surface area contributed by atoms with Crippen molar-refractivity contribution in [3.63, 3.8) is 0 Å². The van der Waals surface area contributed by atoms with E-state index in [1.807, 2.05) is 0 Å². The molecule has 0 fully saturated rings. The number of nitro groups is 1. The third-order valence-corrected chi connectivity index (χ3v) is 2.96. The molecule has 0 saturated heterocycles. The lowest BCUT2D eigenvalue weighted by Gasteiger charge is -2.13. The Kier molecular flexibility index (Phi) is 4.49. The topological polar surface area (TPSA) is 72.6 Å². The van der Waals surface area contributed by atoms with E-state index in [1.54, 1.807) is 13.0 Å². The van der Waals surface area contributed by atoms with Gasteiger partial charge in [0.2, 0.25) is 0 Å². The number of aliphatic hydroxyl groups excluding tert-OH is 1. The summed E-state index contributed by atoms with van der Waals surface area (Å²) in [7, 11) is 0. The fourth-order valence-corrected chi connectivity index (χ4v) is 1.84. The average Bonchev–Trinajstić information content (AvgIpc) is 2.45. The summed E-state index contributed by atoms with van der Waals surface area (Å²) >= 11 is 0. The Hall–Kier alpha value is -2.47. The first-order valence-corrected chi connectivity index (χ1v) is 6.29. The van der Waals surface area contributed by atoms with Crippen LogP contribution in [0.4, 0.5) is 10.1 Å². The Bertz CT molecular complexity index is 643. The standard InChI is InChI=1S/C15H14FNO4/c1-10-2-7-13(17(19)20)15(8-10)21-9-14(18)11-3-5-12(16)6-4-11/h2-8,14,18H,9H2,1H3. The molecule has 0 aliphatic carbocycles. The second-order valence-electron chi connectivity index (χ2n) is 4.61. The van der Waals surface area contributed by atoms with E-state index in [0.29, 0.717) is 5.56 Å². The van der Waals surface area contributed by atoms with Crippen LogP contribution in [-0.2, 0) is 0 Å². The van der Waals surface area contributed by atoms with Crippen molar-refractivity contribution in [3.05, 3.63) is 69.5 Å². The summed E-state index contributed by atoms with van der Waals surface area (Å²) < 4.78 is 18.1. The normalized spacial score (nSPS) is 12.0.